The maximum atomic E-state index is 9.19. The molecule has 1 N–H and O–H groups in total. The molecule has 2 rings (SSSR count). The van der Waals surface area contributed by atoms with E-state index in [1.54, 1.807) is 0 Å². The molecule has 1 heterocycles. The molecule has 0 bridgehead atoms. The second kappa shape index (κ2) is 6.50. The standard InChI is InChI=1S/C14H16ClN3O/c1-11-7-14(17-10-16-11)18(5-6-19)9-12-3-2-4-13(15)8-12/h2-4,7-8,10,19H,5-6,9H2,1H3. The normalized spacial score (nSPS) is 10.5. The highest BCUT2D eigenvalue weighted by atomic mass is 35.5. The lowest BCUT2D eigenvalue weighted by molar-refractivity contribution is 0.301. The van der Waals surface area contributed by atoms with Gasteiger partial charge >= 0.3 is 0 Å². The van der Waals surface area contributed by atoms with E-state index in [9.17, 15) is 5.11 Å². The van der Waals surface area contributed by atoms with Crippen molar-refractivity contribution in [2.45, 2.75) is 13.5 Å². The number of aliphatic hydroxyl groups excluding tert-OH is 1. The fraction of sp³-hybridized carbons (Fsp3) is 0.286. The largest absolute Gasteiger partial charge is 0.395 e. The molecule has 0 aliphatic heterocycles. The molecule has 0 saturated carbocycles. The molecule has 4 nitrogen and oxygen atoms in total. The highest BCUT2D eigenvalue weighted by Crippen LogP contribution is 2.17. The summed E-state index contributed by atoms with van der Waals surface area (Å²) in [6, 6.07) is 9.58. The minimum atomic E-state index is 0.0730. The third kappa shape index (κ3) is 3.91. The summed E-state index contributed by atoms with van der Waals surface area (Å²) in [5, 5.41) is 9.90. The number of nitrogens with zero attached hydrogens (tertiary/aromatic N) is 3. The zero-order chi connectivity index (χ0) is 13.7. The molecule has 0 spiro atoms. The van der Waals surface area contributed by atoms with Gasteiger partial charge in [0.1, 0.15) is 12.1 Å². The van der Waals surface area contributed by atoms with E-state index in [1.807, 2.05) is 42.2 Å². The van der Waals surface area contributed by atoms with E-state index in [4.69, 9.17) is 11.6 Å². The van der Waals surface area contributed by atoms with Gasteiger partial charge in [-0.25, -0.2) is 9.97 Å². The van der Waals surface area contributed by atoms with E-state index >= 15 is 0 Å². The van der Waals surface area contributed by atoms with Gasteiger partial charge in [-0.2, -0.15) is 0 Å². The molecule has 2 aromatic rings. The summed E-state index contributed by atoms with van der Waals surface area (Å²) in [6.45, 7) is 3.16. The van der Waals surface area contributed by atoms with Crippen molar-refractivity contribution in [2.75, 3.05) is 18.1 Å². The van der Waals surface area contributed by atoms with Crippen LogP contribution in [0.5, 0.6) is 0 Å². The Balaban J connectivity index is 2.21. The van der Waals surface area contributed by atoms with E-state index in [-0.39, 0.29) is 6.61 Å². The Hall–Kier alpha value is -1.65. The van der Waals surface area contributed by atoms with Crippen LogP contribution >= 0.6 is 11.6 Å². The fourth-order valence-electron chi connectivity index (χ4n) is 1.86. The Morgan fingerprint density at radius 2 is 2.11 bits per heavy atom. The van der Waals surface area contributed by atoms with E-state index in [1.165, 1.54) is 6.33 Å². The Labute approximate surface area is 117 Å². The van der Waals surface area contributed by atoms with Crippen LogP contribution < -0.4 is 4.90 Å². The second-order valence-electron chi connectivity index (χ2n) is 4.29. The van der Waals surface area contributed by atoms with Gasteiger partial charge in [-0.15, -0.1) is 0 Å². The third-order valence-corrected chi connectivity index (χ3v) is 2.98. The number of anilines is 1. The molecule has 0 aliphatic rings. The van der Waals surface area contributed by atoms with E-state index in [2.05, 4.69) is 9.97 Å². The van der Waals surface area contributed by atoms with Crippen molar-refractivity contribution in [2.24, 2.45) is 0 Å². The summed E-state index contributed by atoms with van der Waals surface area (Å²) in [5.74, 6) is 0.807. The Morgan fingerprint density at radius 3 is 2.79 bits per heavy atom. The first kappa shape index (κ1) is 13.8. The molecule has 0 aliphatic carbocycles. The number of hydrogen-bond donors (Lipinski definition) is 1. The molecule has 0 radical (unpaired) electrons. The van der Waals surface area contributed by atoms with Crippen LogP contribution in [-0.2, 0) is 6.54 Å². The van der Waals surface area contributed by atoms with Crippen molar-refractivity contribution >= 4 is 17.4 Å². The van der Waals surface area contributed by atoms with Crippen LogP contribution in [0.25, 0.3) is 0 Å². The molecule has 1 aromatic carbocycles. The summed E-state index contributed by atoms with van der Waals surface area (Å²) >= 11 is 5.98. The molecule has 19 heavy (non-hydrogen) atoms. The Morgan fingerprint density at radius 1 is 1.26 bits per heavy atom. The third-order valence-electron chi connectivity index (χ3n) is 2.75. The number of benzene rings is 1. The van der Waals surface area contributed by atoms with Gasteiger partial charge in [-0.05, 0) is 24.6 Å². The van der Waals surface area contributed by atoms with Crippen LogP contribution in [0.4, 0.5) is 5.82 Å². The molecule has 0 atom stereocenters. The van der Waals surface area contributed by atoms with Crippen molar-refractivity contribution in [3.05, 3.63) is 52.9 Å². The minimum Gasteiger partial charge on any atom is -0.395 e. The molecule has 0 unspecified atom stereocenters. The van der Waals surface area contributed by atoms with Crippen LogP contribution in [0, 0.1) is 6.92 Å². The van der Waals surface area contributed by atoms with Crippen LogP contribution in [0.2, 0.25) is 5.02 Å². The zero-order valence-corrected chi connectivity index (χ0v) is 11.5. The van der Waals surface area contributed by atoms with Gasteiger partial charge in [-0.3, -0.25) is 0 Å². The maximum absolute atomic E-state index is 9.19. The maximum Gasteiger partial charge on any atom is 0.132 e. The summed E-state index contributed by atoms with van der Waals surface area (Å²) in [5.41, 5.74) is 1.98. The predicted octanol–water partition coefficient (Wildman–Crippen LogP) is 2.44. The lowest BCUT2D eigenvalue weighted by atomic mass is 10.2. The number of aryl methyl sites for hydroxylation is 1. The molecule has 1 aromatic heterocycles. The van der Waals surface area contributed by atoms with Crippen molar-refractivity contribution in [3.8, 4) is 0 Å². The summed E-state index contributed by atoms with van der Waals surface area (Å²) in [4.78, 5) is 10.3. The average molecular weight is 278 g/mol. The molecule has 0 fully saturated rings. The fourth-order valence-corrected chi connectivity index (χ4v) is 2.08. The monoisotopic (exact) mass is 277 g/mol. The first-order chi connectivity index (χ1) is 9.19. The highest BCUT2D eigenvalue weighted by molar-refractivity contribution is 6.30. The van der Waals surface area contributed by atoms with Gasteiger partial charge in [0.15, 0.2) is 0 Å². The van der Waals surface area contributed by atoms with Crippen molar-refractivity contribution in [1.29, 1.82) is 0 Å². The molecular formula is C14H16ClN3O. The molecule has 100 valence electrons. The average Bonchev–Trinajstić information content (AvgIpc) is 2.38. The Bertz CT molecular complexity index is 548. The predicted molar refractivity (Wildman–Crippen MR) is 76.4 cm³/mol. The molecule has 0 saturated heterocycles. The van der Waals surface area contributed by atoms with Crippen molar-refractivity contribution in [1.82, 2.24) is 9.97 Å². The van der Waals surface area contributed by atoms with Gasteiger partial charge in [0.25, 0.3) is 0 Å². The lowest BCUT2D eigenvalue weighted by Crippen LogP contribution is -2.27. The Kier molecular flexibility index (Phi) is 4.71. The van der Waals surface area contributed by atoms with E-state index in [0.717, 1.165) is 17.1 Å². The number of hydrogen-bond acceptors (Lipinski definition) is 4. The van der Waals surface area contributed by atoms with Crippen molar-refractivity contribution < 1.29 is 5.11 Å². The van der Waals surface area contributed by atoms with Gasteiger partial charge < -0.3 is 10.0 Å². The topological polar surface area (TPSA) is 49.2 Å². The summed E-state index contributed by atoms with van der Waals surface area (Å²) < 4.78 is 0. The minimum absolute atomic E-state index is 0.0730. The van der Waals surface area contributed by atoms with E-state index < -0.39 is 0 Å². The quantitative estimate of drug-likeness (QED) is 0.912. The highest BCUT2D eigenvalue weighted by Gasteiger charge is 2.09. The second-order valence-corrected chi connectivity index (χ2v) is 4.73. The summed E-state index contributed by atoms with van der Waals surface area (Å²) in [7, 11) is 0. The lowest BCUT2D eigenvalue weighted by Gasteiger charge is -2.23. The van der Waals surface area contributed by atoms with Gasteiger partial charge in [0.2, 0.25) is 0 Å². The van der Waals surface area contributed by atoms with Crippen LogP contribution in [0.3, 0.4) is 0 Å². The number of aliphatic hydroxyl groups is 1. The zero-order valence-electron chi connectivity index (χ0n) is 10.8. The van der Waals surface area contributed by atoms with Gasteiger partial charge in [0, 0.05) is 29.9 Å². The van der Waals surface area contributed by atoms with Crippen LogP contribution in [0.15, 0.2) is 36.7 Å². The molecule has 5 heteroatoms. The van der Waals surface area contributed by atoms with Gasteiger partial charge in [-0.1, -0.05) is 23.7 Å². The SMILES string of the molecule is Cc1cc(N(CCO)Cc2cccc(Cl)c2)ncn1. The number of aromatic nitrogens is 2. The number of rotatable bonds is 5. The van der Waals surface area contributed by atoms with Crippen molar-refractivity contribution in [3.63, 3.8) is 0 Å². The van der Waals surface area contributed by atoms with Gasteiger partial charge in [0.05, 0.1) is 6.61 Å². The first-order valence-electron chi connectivity index (χ1n) is 6.08. The molecule has 0 amide bonds. The van der Waals surface area contributed by atoms with E-state index in [0.29, 0.717) is 18.1 Å². The smallest absolute Gasteiger partial charge is 0.132 e. The molecular weight excluding hydrogens is 262 g/mol. The number of halogens is 1. The van der Waals surface area contributed by atoms with Crippen LogP contribution in [-0.4, -0.2) is 28.2 Å². The van der Waals surface area contributed by atoms with Crippen LogP contribution in [0.1, 0.15) is 11.3 Å². The summed E-state index contributed by atoms with van der Waals surface area (Å²) in [6.07, 6.45) is 1.53. The first-order valence-corrected chi connectivity index (χ1v) is 6.46.